The van der Waals surface area contributed by atoms with Crippen LogP contribution in [0.25, 0.3) is 0 Å². The summed E-state index contributed by atoms with van der Waals surface area (Å²) in [6.07, 6.45) is 8.25. The van der Waals surface area contributed by atoms with Crippen molar-refractivity contribution in [3.05, 3.63) is 0 Å². The Kier molecular flexibility index (Phi) is 5.40. The summed E-state index contributed by atoms with van der Waals surface area (Å²) in [5.41, 5.74) is 0. The monoisotopic (exact) mass is 185 g/mol. The first-order chi connectivity index (χ1) is 6.38. The van der Waals surface area contributed by atoms with Gasteiger partial charge >= 0.3 is 0 Å². The van der Waals surface area contributed by atoms with Crippen molar-refractivity contribution in [3.63, 3.8) is 0 Å². The molecule has 0 aromatic heterocycles. The molecule has 1 saturated heterocycles. The van der Waals surface area contributed by atoms with Gasteiger partial charge in [0.05, 0.1) is 6.10 Å². The Morgan fingerprint density at radius 1 is 1.46 bits per heavy atom. The fourth-order valence-electron chi connectivity index (χ4n) is 2.05. The van der Waals surface area contributed by atoms with Crippen LogP contribution in [0.4, 0.5) is 0 Å². The molecule has 0 spiro atoms. The summed E-state index contributed by atoms with van der Waals surface area (Å²) < 4.78 is 5.67. The summed E-state index contributed by atoms with van der Waals surface area (Å²) in [4.78, 5) is 0. The van der Waals surface area contributed by atoms with Crippen LogP contribution in [0.5, 0.6) is 0 Å². The van der Waals surface area contributed by atoms with E-state index in [-0.39, 0.29) is 0 Å². The van der Waals surface area contributed by atoms with Gasteiger partial charge in [0.2, 0.25) is 0 Å². The van der Waals surface area contributed by atoms with E-state index in [0.29, 0.717) is 12.1 Å². The lowest BCUT2D eigenvalue weighted by molar-refractivity contribution is 0.0772. The smallest absolute Gasteiger partial charge is 0.0728 e. The number of ether oxygens (including phenoxy) is 1. The topological polar surface area (TPSA) is 21.3 Å². The number of hydrogen-bond acceptors (Lipinski definition) is 2. The van der Waals surface area contributed by atoms with E-state index < -0.39 is 0 Å². The molecular formula is C11H23NO. The van der Waals surface area contributed by atoms with Gasteiger partial charge in [-0.3, -0.25) is 0 Å². The second-order valence-corrected chi connectivity index (χ2v) is 3.94. The van der Waals surface area contributed by atoms with Crippen LogP contribution in [-0.2, 0) is 4.74 Å². The molecule has 0 aromatic carbocycles. The molecule has 0 saturated carbocycles. The predicted octanol–water partition coefficient (Wildman–Crippen LogP) is 2.33. The van der Waals surface area contributed by atoms with Crippen LogP contribution in [0.15, 0.2) is 0 Å². The van der Waals surface area contributed by atoms with E-state index in [2.05, 4.69) is 19.3 Å². The van der Waals surface area contributed by atoms with Crippen LogP contribution < -0.4 is 5.32 Å². The second-order valence-electron chi connectivity index (χ2n) is 3.94. The normalized spacial score (nSPS) is 24.9. The summed E-state index contributed by atoms with van der Waals surface area (Å²) in [5.74, 6) is 0. The third-order valence-electron chi connectivity index (χ3n) is 2.90. The molecule has 0 aliphatic carbocycles. The van der Waals surface area contributed by atoms with Crippen molar-refractivity contribution in [1.29, 1.82) is 0 Å². The van der Waals surface area contributed by atoms with E-state index in [1.807, 2.05) is 0 Å². The first-order valence-electron chi connectivity index (χ1n) is 5.67. The molecule has 0 radical (unpaired) electrons. The molecule has 1 rings (SSSR count). The maximum Gasteiger partial charge on any atom is 0.0728 e. The molecule has 13 heavy (non-hydrogen) atoms. The van der Waals surface area contributed by atoms with Gasteiger partial charge < -0.3 is 10.1 Å². The quantitative estimate of drug-likeness (QED) is 0.641. The number of nitrogens with one attached hydrogen (secondary N) is 1. The Hall–Kier alpha value is -0.0800. The van der Waals surface area contributed by atoms with Crippen molar-refractivity contribution in [1.82, 2.24) is 5.32 Å². The number of likely N-dealkylation sites (N-methyl/N-ethyl adjacent to an activating group) is 1. The standard InChI is InChI=1S/C11H23NO/c1-3-4-5-7-10(12-2)11-8-6-9-13-11/h10-12H,3-9H2,1-2H3. The van der Waals surface area contributed by atoms with E-state index in [1.54, 1.807) is 0 Å². The fourth-order valence-corrected chi connectivity index (χ4v) is 2.05. The first kappa shape index (κ1) is 11.0. The molecule has 1 aliphatic heterocycles. The van der Waals surface area contributed by atoms with Gasteiger partial charge in [-0.2, -0.15) is 0 Å². The van der Waals surface area contributed by atoms with Crippen molar-refractivity contribution in [3.8, 4) is 0 Å². The molecule has 2 unspecified atom stereocenters. The average Bonchev–Trinajstić information content (AvgIpc) is 2.65. The summed E-state index contributed by atoms with van der Waals surface area (Å²) in [6, 6.07) is 0.592. The summed E-state index contributed by atoms with van der Waals surface area (Å²) in [7, 11) is 2.05. The van der Waals surface area contributed by atoms with Gasteiger partial charge in [0.15, 0.2) is 0 Å². The van der Waals surface area contributed by atoms with Crippen LogP contribution in [0.1, 0.15) is 45.4 Å². The molecular weight excluding hydrogens is 162 g/mol. The first-order valence-corrected chi connectivity index (χ1v) is 5.67. The Labute approximate surface area is 82.0 Å². The van der Waals surface area contributed by atoms with E-state index in [1.165, 1.54) is 38.5 Å². The van der Waals surface area contributed by atoms with Gasteiger partial charge in [-0.15, -0.1) is 0 Å². The largest absolute Gasteiger partial charge is 0.377 e. The Morgan fingerprint density at radius 3 is 2.85 bits per heavy atom. The van der Waals surface area contributed by atoms with E-state index in [9.17, 15) is 0 Å². The minimum atomic E-state index is 0.488. The predicted molar refractivity (Wildman–Crippen MR) is 56.0 cm³/mol. The van der Waals surface area contributed by atoms with Gasteiger partial charge in [0, 0.05) is 12.6 Å². The highest BCUT2D eigenvalue weighted by molar-refractivity contribution is 4.79. The van der Waals surface area contributed by atoms with Crippen molar-refractivity contribution in [2.45, 2.75) is 57.6 Å². The van der Waals surface area contributed by atoms with Crippen molar-refractivity contribution in [2.24, 2.45) is 0 Å². The van der Waals surface area contributed by atoms with Crippen LogP contribution in [-0.4, -0.2) is 25.8 Å². The summed E-state index contributed by atoms with van der Waals surface area (Å²) >= 11 is 0. The lowest BCUT2D eigenvalue weighted by atomic mass is 10.0. The molecule has 78 valence electrons. The number of hydrogen-bond donors (Lipinski definition) is 1. The van der Waals surface area contributed by atoms with E-state index in [0.717, 1.165) is 6.61 Å². The van der Waals surface area contributed by atoms with Crippen LogP contribution in [0, 0.1) is 0 Å². The van der Waals surface area contributed by atoms with Gasteiger partial charge in [-0.05, 0) is 26.3 Å². The van der Waals surface area contributed by atoms with Gasteiger partial charge in [-0.1, -0.05) is 26.2 Å². The average molecular weight is 185 g/mol. The number of unbranched alkanes of at least 4 members (excludes halogenated alkanes) is 2. The highest BCUT2D eigenvalue weighted by Gasteiger charge is 2.23. The lowest BCUT2D eigenvalue weighted by Gasteiger charge is -2.22. The van der Waals surface area contributed by atoms with Gasteiger partial charge in [0.1, 0.15) is 0 Å². The molecule has 0 amide bonds. The molecule has 1 N–H and O–H groups in total. The molecule has 1 aliphatic rings. The zero-order chi connectivity index (χ0) is 9.52. The molecule has 0 bridgehead atoms. The number of rotatable bonds is 6. The Morgan fingerprint density at radius 2 is 2.31 bits per heavy atom. The zero-order valence-electron chi connectivity index (χ0n) is 9.01. The van der Waals surface area contributed by atoms with Crippen molar-refractivity contribution >= 4 is 0 Å². The molecule has 2 atom stereocenters. The van der Waals surface area contributed by atoms with E-state index >= 15 is 0 Å². The zero-order valence-corrected chi connectivity index (χ0v) is 9.01. The van der Waals surface area contributed by atoms with Crippen LogP contribution in [0.2, 0.25) is 0 Å². The van der Waals surface area contributed by atoms with Crippen LogP contribution in [0.3, 0.4) is 0 Å². The maximum atomic E-state index is 5.67. The highest BCUT2D eigenvalue weighted by Crippen LogP contribution is 2.19. The molecule has 2 heteroatoms. The highest BCUT2D eigenvalue weighted by atomic mass is 16.5. The van der Waals surface area contributed by atoms with Gasteiger partial charge in [-0.25, -0.2) is 0 Å². The van der Waals surface area contributed by atoms with Crippen molar-refractivity contribution < 1.29 is 4.74 Å². The Bertz CT molecular complexity index is 121. The van der Waals surface area contributed by atoms with Gasteiger partial charge in [0.25, 0.3) is 0 Å². The lowest BCUT2D eigenvalue weighted by Crippen LogP contribution is -2.37. The molecule has 1 heterocycles. The fraction of sp³-hybridized carbons (Fsp3) is 1.00. The van der Waals surface area contributed by atoms with Crippen molar-refractivity contribution in [2.75, 3.05) is 13.7 Å². The van der Waals surface area contributed by atoms with E-state index in [4.69, 9.17) is 4.74 Å². The SMILES string of the molecule is CCCCCC(NC)C1CCCO1. The molecule has 1 fully saturated rings. The minimum Gasteiger partial charge on any atom is -0.377 e. The third-order valence-corrected chi connectivity index (χ3v) is 2.90. The Balaban J connectivity index is 2.16. The molecule has 0 aromatic rings. The third kappa shape index (κ3) is 3.65. The summed E-state index contributed by atoms with van der Waals surface area (Å²) in [6.45, 7) is 3.22. The molecule has 2 nitrogen and oxygen atoms in total. The summed E-state index contributed by atoms with van der Waals surface area (Å²) in [5, 5.41) is 3.38. The minimum absolute atomic E-state index is 0.488. The van der Waals surface area contributed by atoms with Crippen LogP contribution >= 0.6 is 0 Å². The second kappa shape index (κ2) is 6.39. The maximum absolute atomic E-state index is 5.67.